The van der Waals surface area contributed by atoms with Crippen molar-refractivity contribution in [1.82, 2.24) is 10.2 Å². The number of amides is 1. The van der Waals surface area contributed by atoms with E-state index in [2.05, 4.69) is 22.4 Å². The number of nitrogens with zero attached hydrogens (tertiary/aromatic N) is 2. The van der Waals surface area contributed by atoms with Gasteiger partial charge in [-0.3, -0.25) is 9.69 Å². The van der Waals surface area contributed by atoms with E-state index in [0.29, 0.717) is 0 Å². The molecule has 1 N–H and O–H groups in total. The molecule has 0 radical (unpaired) electrons. The Hall–Kier alpha value is -3.36. The Morgan fingerprint density at radius 3 is 2.88 bits per heavy atom. The molecule has 2 heterocycles. The number of rotatable bonds is 6. The summed E-state index contributed by atoms with van der Waals surface area (Å²) in [6.45, 7) is 2.89. The summed E-state index contributed by atoms with van der Waals surface area (Å²) in [7, 11) is 0. The maximum absolute atomic E-state index is 13.0. The lowest BCUT2D eigenvalue weighted by Gasteiger charge is -2.40. The van der Waals surface area contributed by atoms with Crippen LogP contribution in [-0.4, -0.2) is 29.4 Å². The van der Waals surface area contributed by atoms with Crippen molar-refractivity contribution in [2.45, 2.75) is 57.0 Å². The van der Waals surface area contributed by atoms with Gasteiger partial charge in [0.25, 0.3) is 0 Å². The Balaban J connectivity index is 1.23. The molecule has 0 saturated heterocycles. The summed E-state index contributed by atoms with van der Waals surface area (Å²) in [4.78, 5) is 15.5. The average molecular weight is 454 g/mol. The summed E-state index contributed by atoms with van der Waals surface area (Å²) >= 11 is 0. The van der Waals surface area contributed by atoms with Gasteiger partial charge in [-0.15, -0.1) is 0 Å². The second-order valence-electron chi connectivity index (χ2n) is 9.71. The van der Waals surface area contributed by atoms with Crippen molar-refractivity contribution in [1.29, 1.82) is 5.26 Å². The number of carbonyl (C=O) groups is 1. The first-order chi connectivity index (χ1) is 16.6. The minimum atomic E-state index is -0.133. The van der Waals surface area contributed by atoms with Crippen LogP contribution in [0, 0.1) is 11.3 Å². The van der Waals surface area contributed by atoms with E-state index >= 15 is 0 Å². The van der Waals surface area contributed by atoms with E-state index in [1.54, 1.807) is 12.3 Å². The molecule has 1 aliphatic carbocycles. The Kier molecular flexibility index (Phi) is 6.51. The zero-order chi connectivity index (χ0) is 23.4. The van der Waals surface area contributed by atoms with E-state index in [1.807, 2.05) is 42.5 Å². The second kappa shape index (κ2) is 9.87. The third kappa shape index (κ3) is 4.93. The van der Waals surface area contributed by atoms with Crippen LogP contribution in [0.1, 0.15) is 60.8 Å². The third-order valence-corrected chi connectivity index (χ3v) is 7.48. The van der Waals surface area contributed by atoms with E-state index in [9.17, 15) is 4.79 Å². The molecule has 0 atom stereocenters. The van der Waals surface area contributed by atoms with Gasteiger partial charge in [-0.1, -0.05) is 37.5 Å². The van der Waals surface area contributed by atoms with Crippen LogP contribution in [-0.2, 0) is 17.8 Å². The molecule has 5 nitrogen and oxygen atoms in total. The van der Waals surface area contributed by atoms with Crippen LogP contribution in [0.15, 0.2) is 59.2 Å². The van der Waals surface area contributed by atoms with Gasteiger partial charge in [0.05, 0.1) is 17.9 Å². The first-order valence-electron chi connectivity index (χ1n) is 12.3. The molecule has 5 heteroatoms. The lowest BCUT2D eigenvalue weighted by atomic mass is 9.79. The van der Waals surface area contributed by atoms with Gasteiger partial charge in [-0.25, -0.2) is 0 Å². The van der Waals surface area contributed by atoms with Gasteiger partial charge in [-0.2, -0.15) is 5.26 Å². The van der Waals surface area contributed by atoms with E-state index in [1.165, 1.54) is 17.5 Å². The van der Waals surface area contributed by atoms with Gasteiger partial charge in [0.15, 0.2) is 0 Å². The van der Waals surface area contributed by atoms with Gasteiger partial charge in [0.2, 0.25) is 5.91 Å². The SMILES string of the molecule is N#Cc1ccc2c(c1)CCN(CCC1(NC(=O)/C=C/c3cccc4occc34)CCCCC1)C2. The zero-order valence-electron chi connectivity index (χ0n) is 19.6. The number of nitriles is 1. The van der Waals surface area contributed by atoms with Crippen molar-refractivity contribution >= 4 is 23.0 Å². The first-order valence-corrected chi connectivity index (χ1v) is 12.3. The van der Waals surface area contributed by atoms with Crippen LogP contribution < -0.4 is 5.32 Å². The third-order valence-electron chi connectivity index (χ3n) is 7.48. The lowest BCUT2D eigenvalue weighted by molar-refractivity contribution is -0.118. The fourth-order valence-corrected chi connectivity index (χ4v) is 5.54. The fourth-order valence-electron chi connectivity index (χ4n) is 5.54. The van der Waals surface area contributed by atoms with E-state index in [4.69, 9.17) is 9.68 Å². The predicted octanol–water partition coefficient (Wildman–Crippen LogP) is 5.59. The Labute approximate surface area is 201 Å². The number of nitrogens with one attached hydrogen (secondary N) is 1. The van der Waals surface area contributed by atoms with E-state index in [-0.39, 0.29) is 11.4 Å². The van der Waals surface area contributed by atoms with Crippen LogP contribution in [0.2, 0.25) is 0 Å². The van der Waals surface area contributed by atoms with Gasteiger partial charge in [-0.05, 0) is 72.7 Å². The number of benzene rings is 2. The van der Waals surface area contributed by atoms with Crippen molar-refractivity contribution < 1.29 is 9.21 Å². The van der Waals surface area contributed by atoms with E-state index in [0.717, 1.165) is 80.3 Å². The molecule has 2 aromatic carbocycles. The molecule has 0 spiro atoms. The molecular weight excluding hydrogens is 422 g/mol. The summed E-state index contributed by atoms with van der Waals surface area (Å²) in [5, 5.41) is 13.6. The summed E-state index contributed by atoms with van der Waals surface area (Å²) in [6.07, 6.45) is 12.8. The molecule has 1 fully saturated rings. The van der Waals surface area contributed by atoms with Crippen molar-refractivity contribution in [3.8, 4) is 6.07 Å². The summed E-state index contributed by atoms with van der Waals surface area (Å²) in [5.74, 6) is -0.0181. The monoisotopic (exact) mass is 453 g/mol. The van der Waals surface area contributed by atoms with Gasteiger partial charge in [0.1, 0.15) is 5.58 Å². The summed E-state index contributed by atoms with van der Waals surface area (Å²) in [6, 6.07) is 16.1. The Bertz CT molecular complexity index is 1240. The Morgan fingerprint density at radius 2 is 2.03 bits per heavy atom. The molecule has 5 rings (SSSR count). The smallest absolute Gasteiger partial charge is 0.244 e. The predicted molar refractivity (Wildman–Crippen MR) is 134 cm³/mol. The molecular formula is C29H31N3O2. The Morgan fingerprint density at radius 1 is 1.15 bits per heavy atom. The summed E-state index contributed by atoms with van der Waals surface area (Å²) in [5.41, 5.74) is 5.06. The van der Waals surface area contributed by atoms with Crippen LogP contribution in [0.5, 0.6) is 0 Å². The molecule has 1 amide bonds. The van der Waals surface area contributed by atoms with Crippen LogP contribution in [0.3, 0.4) is 0 Å². The highest BCUT2D eigenvalue weighted by Gasteiger charge is 2.33. The zero-order valence-corrected chi connectivity index (χ0v) is 19.6. The lowest BCUT2D eigenvalue weighted by Crippen LogP contribution is -2.51. The van der Waals surface area contributed by atoms with Crippen molar-refractivity contribution in [2.75, 3.05) is 13.1 Å². The minimum absolute atomic E-state index is 0.0181. The van der Waals surface area contributed by atoms with Crippen molar-refractivity contribution in [2.24, 2.45) is 0 Å². The molecule has 174 valence electrons. The number of hydrogen-bond donors (Lipinski definition) is 1. The highest BCUT2D eigenvalue weighted by molar-refractivity contribution is 5.95. The maximum atomic E-state index is 13.0. The molecule has 0 unspecified atom stereocenters. The number of carbonyl (C=O) groups excluding carboxylic acids is 1. The van der Waals surface area contributed by atoms with Gasteiger partial charge in [0, 0.05) is 36.6 Å². The normalized spacial score (nSPS) is 18.0. The maximum Gasteiger partial charge on any atom is 0.244 e. The van der Waals surface area contributed by atoms with Gasteiger partial charge >= 0.3 is 0 Å². The minimum Gasteiger partial charge on any atom is -0.464 e. The molecule has 1 saturated carbocycles. The average Bonchev–Trinajstić information content (AvgIpc) is 3.36. The summed E-state index contributed by atoms with van der Waals surface area (Å²) < 4.78 is 5.47. The molecule has 3 aromatic rings. The highest BCUT2D eigenvalue weighted by Crippen LogP contribution is 2.32. The van der Waals surface area contributed by atoms with E-state index < -0.39 is 0 Å². The van der Waals surface area contributed by atoms with Gasteiger partial charge < -0.3 is 9.73 Å². The number of furan rings is 1. The van der Waals surface area contributed by atoms with Crippen molar-refractivity contribution in [3.63, 3.8) is 0 Å². The van der Waals surface area contributed by atoms with Crippen molar-refractivity contribution in [3.05, 3.63) is 77.1 Å². The molecule has 2 aliphatic rings. The topological polar surface area (TPSA) is 69.3 Å². The number of hydrogen-bond acceptors (Lipinski definition) is 4. The highest BCUT2D eigenvalue weighted by atomic mass is 16.3. The van der Waals surface area contributed by atoms with Crippen LogP contribution in [0.4, 0.5) is 0 Å². The number of fused-ring (bicyclic) bond motifs is 2. The molecule has 34 heavy (non-hydrogen) atoms. The van der Waals surface area contributed by atoms with Crippen LogP contribution in [0.25, 0.3) is 17.0 Å². The quantitative estimate of drug-likeness (QED) is 0.494. The fraction of sp³-hybridized carbons (Fsp3) is 0.379. The molecule has 0 bridgehead atoms. The largest absolute Gasteiger partial charge is 0.464 e. The second-order valence-corrected chi connectivity index (χ2v) is 9.71. The van der Waals surface area contributed by atoms with Crippen LogP contribution >= 0.6 is 0 Å². The standard InChI is InChI=1S/C29H31N3O2/c30-20-22-7-8-25-21-32(16-11-24(25)19-22)17-15-29(13-2-1-3-14-29)31-28(33)10-9-23-5-4-6-27-26(23)12-18-34-27/h4-10,12,18-19H,1-3,11,13-17,21H2,(H,31,33)/b10-9+. The molecule has 1 aliphatic heterocycles. The first kappa shape index (κ1) is 22.4. The molecule has 1 aromatic heterocycles.